The fourth-order valence-electron chi connectivity index (χ4n) is 1.99. The Kier molecular flexibility index (Phi) is 2.90. The number of nitrogens with zero attached hydrogens (tertiary/aromatic N) is 1. The van der Waals surface area contributed by atoms with Gasteiger partial charge in [-0.15, -0.1) is 0 Å². The summed E-state index contributed by atoms with van der Waals surface area (Å²) < 4.78 is 10.1. The van der Waals surface area contributed by atoms with E-state index in [1.165, 1.54) is 0 Å². The van der Waals surface area contributed by atoms with Crippen molar-refractivity contribution in [1.29, 1.82) is 0 Å². The number of rotatable bonds is 1. The van der Waals surface area contributed by atoms with Crippen molar-refractivity contribution in [2.24, 2.45) is 5.92 Å². The molecule has 0 aliphatic carbocycles. The molecule has 5 heteroatoms. The maximum atomic E-state index is 12.0. The maximum Gasteiger partial charge on any atom is 0.307 e. The summed E-state index contributed by atoms with van der Waals surface area (Å²) in [5.41, 5.74) is 0. The first kappa shape index (κ1) is 10.4. The zero-order chi connectivity index (χ0) is 10.8. The predicted molar refractivity (Wildman–Crippen MR) is 51.1 cm³/mol. The molecule has 0 saturated carbocycles. The lowest BCUT2D eigenvalue weighted by Gasteiger charge is -2.29. The van der Waals surface area contributed by atoms with Gasteiger partial charge in [-0.3, -0.25) is 9.59 Å². The Hall–Kier alpha value is -1.10. The largest absolute Gasteiger partial charge is 0.462 e. The quantitative estimate of drug-likeness (QED) is 0.566. The van der Waals surface area contributed by atoms with Gasteiger partial charge >= 0.3 is 5.97 Å². The van der Waals surface area contributed by atoms with Crippen LogP contribution in [0.25, 0.3) is 0 Å². The van der Waals surface area contributed by atoms with Gasteiger partial charge in [-0.1, -0.05) is 0 Å². The summed E-state index contributed by atoms with van der Waals surface area (Å²) in [4.78, 5) is 24.8. The molecule has 2 aliphatic rings. The number of carbonyl (C=O) groups excluding carboxylic acids is 2. The molecular weight excluding hydrogens is 198 g/mol. The van der Waals surface area contributed by atoms with Crippen LogP contribution in [0, 0.1) is 5.92 Å². The molecule has 0 spiro atoms. The Morgan fingerprint density at radius 1 is 1.40 bits per heavy atom. The highest BCUT2D eigenvalue weighted by Crippen LogP contribution is 2.24. The SMILES string of the molecule is CC1OC(=O)CC1C(=O)N1CCOCC1. The standard InChI is InChI=1S/C10H15NO4/c1-7-8(6-9(12)15-7)10(13)11-2-4-14-5-3-11/h7-8H,2-6H2,1H3. The van der Waals surface area contributed by atoms with E-state index in [1.54, 1.807) is 11.8 Å². The van der Waals surface area contributed by atoms with Gasteiger partial charge in [0.1, 0.15) is 6.10 Å². The molecule has 2 atom stereocenters. The zero-order valence-corrected chi connectivity index (χ0v) is 8.77. The Morgan fingerprint density at radius 3 is 2.60 bits per heavy atom. The van der Waals surface area contributed by atoms with Crippen LogP contribution in [0.1, 0.15) is 13.3 Å². The lowest BCUT2D eigenvalue weighted by molar-refractivity contribution is -0.142. The molecule has 0 radical (unpaired) electrons. The van der Waals surface area contributed by atoms with Crippen molar-refractivity contribution >= 4 is 11.9 Å². The number of amides is 1. The van der Waals surface area contributed by atoms with Crippen molar-refractivity contribution in [2.75, 3.05) is 26.3 Å². The number of esters is 1. The molecule has 1 amide bonds. The normalized spacial score (nSPS) is 31.5. The van der Waals surface area contributed by atoms with Crippen molar-refractivity contribution in [2.45, 2.75) is 19.4 Å². The molecule has 0 bridgehead atoms. The third-order valence-electron chi connectivity index (χ3n) is 2.91. The van der Waals surface area contributed by atoms with Crippen molar-refractivity contribution < 1.29 is 19.1 Å². The fraction of sp³-hybridized carbons (Fsp3) is 0.800. The lowest BCUT2D eigenvalue weighted by atomic mass is 10.0. The monoisotopic (exact) mass is 213 g/mol. The Morgan fingerprint density at radius 2 is 2.07 bits per heavy atom. The van der Waals surface area contributed by atoms with Crippen molar-refractivity contribution in [3.63, 3.8) is 0 Å². The Balaban J connectivity index is 1.97. The Labute approximate surface area is 88.3 Å². The molecular formula is C10H15NO4. The maximum absolute atomic E-state index is 12.0. The van der Waals surface area contributed by atoms with Gasteiger partial charge in [0.2, 0.25) is 5.91 Å². The van der Waals surface area contributed by atoms with Crippen LogP contribution >= 0.6 is 0 Å². The van der Waals surface area contributed by atoms with E-state index in [2.05, 4.69) is 0 Å². The van der Waals surface area contributed by atoms with Gasteiger partial charge in [0.25, 0.3) is 0 Å². The van der Waals surface area contributed by atoms with Gasteiger partial charge in [0.15, 0.2) is 0 Å². The molecule has 84 valence electrons. The molecule has 2 rings (SSSR count). The van der Waals surface area contributed by atoms with E-state index in [1.807, 2.05) is 0 Å². The van der Waals surface area contributed by atoms with Gasteiger partial charge < -0.3 is 14.4 Å². The molecule has 2 aliphatic heterocycles. The molecule has 2 saturated heterocycles. The minimum Gasteiger partial charge on any atom is -0.462 e. The molecule has 0 aromatic carbocycles. The summed E-state index contributed by atoms with van der Waals surface area (Å²) in [6, 6.07) is 0. The van der Waals surface area contributed by atoms with Crippen LogP contribution in [-0.2, 0) is 19.1 Å². The number of morpholine rings is 1. The number of carbonyl (C=O) groups is 2. The van der Waals surface area contributed by atoms with Gasteiger partial charge in [-0.25, -0.2) is 0 Å². The van der Waals surface area contributed by atoms with Crippen molar-refractivity contribution in [1.82, 2.24) is 4.90 Å². The second-order valence-electron chi connectivity index (χ2n) is 3.94. The number of hydrogen-bond acceptors (Lipinski definition) is 4. The molecule has 2 heterocycles. The summed E-state index contributed by atoms with van der Waals surface area (Å²) in [6.07, 6.45) is -0.0648. The van der Waals surface area contributed by atoms with Crippen molar-refractivity contribution in [3.8, 4) is 0 Å². The van der Waals surface area contributed by atoms with Crippen LogP contribution in [0.3, 0.4) is 0 Å². The lowest BCUT2D eigenvalue weighted by Crippen LogP contribution is -2.45. The van der Waals surface area contributed by atoms with E-state index in [4.69, 9.17) is 9.47 Å². The molecule has 0 aromatic heterocycles. The minimum absolute atomic E-state index is 0.0247. The number of ether oxygens (including phenoxy) is 2. The zero-order valence-electron chi connectivity index (χ0n) is 8.77. The molecule has 0 aromatic rings. The second kappa shape index (κ2) is 4.18. The van der Waals surface area contributed by atoms with Crippen LogP contribution in [0.4, 0.5) is 0 Å². The highest BCUT2D eigenvalue weighted by molar-refractivity contribution is 5.86. The summed E-state index contributed by atoms with van der Waals surface area (Å²) in [7, 11) is 0. The van der Waals surface area contributed by atoms with Crippen LogP contribution in [0.15, 0.2) is 0 Å². The summed E-state index contributed by atoms with van der Waals surface area (Å²) in [5.74, 6) is -0.540. The van der Waals surface area contributed by atoms with E-state index in [-0.39, 0.29) is 30.3 Å². The van der Waals surface area contributed by atoms with Crippen LogP contribution in [0.5, 0.6) is 0 Å². The average molecular weight is 213 g/mol. The number of hydrogen-bond donors (Lipinski definition) is 0. The summed E-state index contributed by atoms with van der Waals surface area (Å²) >= 11 is 0. The van der Waals surface area contributed by atoms with E-state index in [9.17, 15) is 9.59 Å². The first-order valence-corrected chi connectivity index (χ1v) is 5.24. The first-order valence-electron chi connectivity index (χ1n) is 5.24. The molecule has 2 unspecified atom stereocenters. The van der Waals surface area contributed by atoms with Gasteiger partial charge in [0.05, 0.1) is 25.6 Å². The van der Waals surface area contributed by atoms with E-state index < -0.39 is 0 Å². The minimum atomic E-state index is -0.296. The topological polar surface area (TPSA) is 55.8 Å². The highest BCUT2D eigenvalue weighted by Gasteiger charge is 2.39. The van der Waals surface area contributed by atoms with Crippen LogP contribution in [-0.4, -0.2) is 49.2 Å². The van der Waals surface area contributed by atoms with Crippen LogP contribution < -0.4 is 0 Å². The molecule has 15 heavy (non-hydrogen) atoms. The van der Waals surface area contributed by atoms with Crippen molar-refractivity contribution in [3.05, 3.63) is 0 Å². The first-order chi connectivity index (χ1) is 7.18. The number of cyclic esters (lactones) is 1. The summed E-state index contributed by atoms with van der Waals surface area (Å²) in [6.45, 7) is 4.18. The third kappa shape index (κ3) is 2.12. The third-order valence-corrected chi connectivity index (χ3v) is 2.91. The average Bonchev–Trinajstić information content (AvgIpc) is 2.58. The Bertz CT molecular complexity index is 273. The summed E-state index contributed by atoms with van der Waals surface area (Å²) in [5, 5.41) is 0. The van der Waals surface area contributed by atoms with E-state index >= 15 is 0 Å². The van der Waals surface area contributed by atoms with Crippen LogP contribution in [0.2, 0.25) is 0 Å². The fourth-order valence-corrected chi connectivity index (χ4v) is 1.99. The highest BCUT2D eigenvalue weighted by atomic mass is 16.5. The van der Waals surface area contributed by atoms with Gasteiger partial charge in [-0.05, 0) is 6.92 Å². The molecule has 0 N–H and O–H groups in total. The predicted octanol–water partition coefficient (Wildman–Crippen LogP) is -0.203. The van der Waals surface area contributed by atoms with Gasteiger partial charge in [-0.2, -0.15) is 0 Å². The van der Waals surface area contributed by atoms with Gasteiger partial charge in [0, 0.05) is 13.1 Å². The molecule has 5 nitrogen and oxygen atoms in total. The molecule has 2 fully saturated rings. The smallest absolute Gasteiger partial charge is 0.307 e. The van der Waals surface area contributed by atoms with E-state index in [0.29, 0.717) is 26.3 Å². The van der Waals surface area contributed by atoms with E-state index in [0.717, 1.165) is 0 Å². The second-order valence-corrected chi connectivity index (χ2v) is 3.94.